The van der Waals surface area contributed by atoms with Crippen LogP contribution in [0, 0.1) is 4.77 Å². The molecule has 0 aliphatic carbocycles. The second-order valence-corrected chi connectivity index (χ2v) is 4.70. The average Bonchev–Trinajstić information content (AvgIpc) is 2.97. The van der Waals surface area contributed by atoms with Gasteiger partial charge in [0.05, 0.1) is 11.4 Å². The minimum Gasteiger partial charge on any atom is -0.493 e. The summed E-state index contributed by atoms with van der Waals surface area (Å²) in [5.74, 6) is 0.0713. The molecule has 2 N–H and O–H groups in total. The van der Waals surface area contributed by atoms with Crippen LogP contribution in [-0.4, -0.2) is 14.7 Å². The third kappa shape index (κ3) is 2.00. The molecule has 0 radical (unpaired) electrons. The number of aromatic amines is 1. The van der Waals surface area contributed by atoms with Crippen LogP contribution in [0.3, 0.4) is 0 Å². The summed E-state index contributed by atoms with van der Waals surface area (Å²) in [6.07, 6.45) is 3.41. The van der Waals surface area contributed by atoms with Gasteiger partial charge in [0.25, 0.3) is 0 Å². The van der Waals surface area contributed by atoms with Gasteiger partial charge in [0.1, 0.15) is 5.69 Å². The Morgan fingerprint density at radius 3 is 2.95 bits per heavy atom. The van der Waals surface area contributed by atoms with Crippen LogP contribution in [0.2, 0.25) is 0 Å². The Morgan fingerprint density at radius 1 is 1.35 bits per heavy atom. The van der Waals surface area contributed by atoms with Crippen LogP contribution in [0.5, 0.6) is 5.88 Å². The highest BCUT2D eigenvalue weighted by Gasteiger charge is 2.15. The summed E-state index contributed by atoms with van der Waals surface area (Å²) in [5.41, 5.74) is 2.96. The fourth-order valence-electron chi connectivity index (χ4n) is 2.06. The Morgan fingerprint density at radius 2 is 2.15 bits per heavy atom. The number of azo groups is 1. The maximum atomic E-state index is 10.1. The summed E-state index contributed by atoms with van der Waals surface area (Å²) >= 11 is 5.16. The first-order chi connectivity index (χ1) is 9.70. The molecule has 1 aromatic carbocycles. The van der Waals surface area contributed by atoms with Gasteiger partial charge in [-0.3, -0.25) is 4.57 Å². The van der Waals surface area contributed by atoms with E-state index in [1.165, 1.54) is 0 Å². The smallest absolute Gasteiger partial charge is 0.218 e. The Labute approximate surface area is 120 Å². The van der Waals surface area contributed by atoms with Gasteiger partial charge in [0.2, 0.25) is 5.88 Å². The Balaban J connectivity index is 2.07. The Hall–Kier alpha value is -2.47. The first-order valence-electron chi connectivity index (χ1n) is 6.06. The standard InChI is InChI=1S/C14H12N4OS/c1-2-7-18-13(19)12(15-14(18)20)8-11-9-5-3-4-6-10(9)16-17-11/h2-6,8,19H,1,7H2,(H,15,20)/b11-8-. The van der Waals surface area contributed by atoms with Crippen LogP contribution >= 0.6 is 12.2 Å². The molecule has 0 spiro atoms. The SMILES string of the molecule is C=CCn1c(O)c(/C=C2\N=Nc3ccccc32)[nH]c1=S. The lowest BCUT2D eigenvalue weighted by atomic mass is 10.1. The number of fused-ring (bicyclic) bond motifs is 1. The van der Waals surface area contributed by atoms with E-state index in [-0.39, 0.29) is 5.88 Å². The third-order valence-corrected chi connectivity index (χ3v) is 3.34. The molecular weight excluding hydrogens is 272 g/mol. The van der Waals surface area contributed by atoms with Crippen LogP contribution < -0.4 is 0 Å². The van der Waals surface area contributed by atoms with Crippen molar-refractivity contribution in [3.8, 4) is 5.88 Å². The highest BCUT2D eigenvalue weighted by Crippen LogP contribution is 2.36. The van der Waals surface area contributed by atoms with Crippen molar-refractivity contribution in [2.24, 2.45) is 10.2 Å². The van der Waals surface area contributed by atoms with Crippen molar-refractivity contribution >= 4 is 29.7 Å². The number of aromatic hydroxyl groups is 1. The number of allylic oxidation sites excluding steroid dienone is 1. The van der Waals surface area contributed by atoms with Crippen LogP contribution in [-0.2, 0) is 6.54 Å². The Bertz CT molecular complexity index is 798. The number of nitrogens with zero attached hydrogens (tertiary/aromatic N) is 3. The highest BCUT2D eigenvalue weighted by molar-refractivity contribution is 7.71. The van der Waals surface area contributed by atoms with E-state index in [2.05, 4.69) is 21.8 Å². The molecule has 0 amide bonds. The first kappa shape index (κ1) is 12.6. The van der Waals surface area contributed by atoms with E-state index in [0.717, 1.165) is 11.3 Å². The van der Waals surface area contributed by atoms with E-state index in [9.17, 15) is 5.11 Å². The zero-order valence-corrected chi connectivity index (χ0v) is 11.4. The lowest BCUT2D eigenvalue weighted by molar-refractivity contribution is 0.424. The summed E-state index contributed by atoms with van der Waals surface area (Å²) < 4.78 is 2.00. The summed E-state index contributed by atoms with van der Waals surface area (Å²) in [7, 11) is 0. The molecule has 1 aliphatic heterocycles. The van der Waals surface area contributed by atoms with Gasteiger partial charge >= 0.3 is 0 Å². The van der Waals surface area contributed by atoms with E-state index >= 15 is 0 Å². The number of H-pyrrole nitrogens is 1. The molecule has 0 fully saturated rings. The largest absolute Gasteiger partial charge is 0.493 e. The zero-order chi connectivity index (χ0) is 14.1. The highest BCUT2D eigenvalue weighted by atomic mass is 32.1. The minimum absolute atomic E-state index is 0.0713. The van der Waals surface area contributed by atoms with E-state index in [0.29, 0.717) is 22.7 Å². The van der Waals surface area contributed by atoms with Crippen LogP contribution in [0.1, 0.15) is 11.3 Å². The van der Waals surface area contributed by atoms with Gasteiger partial charge in [-0.05, 0) is 24.4 Å². The normalized spacial score (nSPS) is 14.7. The number of imidazole rings is 1. The van der Waals surface area contributed by atoms with E-state index in [1.807, 2.05) is 24.3 Å². The Kier molecular flexibility index (Phi) is 3.08. The molecular formula is C14H12N4OS. The maximum Gasteiger partial charge on any atom is 0.218 e. The summed E-state index contributed by atoms with van der Waals surface area (Å²) in [4.78, 5) is 2.96. The molecule has 0 saturated heterocycles. The molecule has 5 nitrogen and oxygen atoms in total. The molecule has 20 heavy (non-hydrogen) atoms. The molecule has 3 rings (SSSR count). The van der Waals surface area contributed by atoms with Crippen molar-refractivity contribution in [3.05, 3.63) is 52.9 Å². The number of nitrogens with one attached hydrogen (secondary N) is 1. The molecule has 6 heteroatoms. The maximum absolute atomic E-state index is 10.1. The lowest BCUT2D eigenvalue weighted by Crippen LogP contribution is -1.93. The first-order valence-corrected chi connectivity index (χ1v) is 6.47. The van der Waals surface area contributed by atoms with Crippen molar-refractivity contribution in [2.75, 3.05) is 0 Å². The number of hydrogen-bond acceptors (Lipinski definition) is 4. The molecule has 1 aliphatic rings. The molecule has 100 valence electrons. The monoisotopic (exact) mass is 284 g/mol. The van der Waals surface area contributed by atoms with Gasteiger partial charge in [-0.25, -0.2) is 0 Å². The molecule has 2 heterocycles. The minimum atomic E-state index is 0.0713. The van der Waals surface area contributed by atoms with E-state index in [4.69, 9.17) is 12.2 Å². The summed E-state index contributed by atoms with van der Waals surface area (Å²) in [5, 5.41) is 18.4. The average molecular weight is 284 g/mol. The van der Waals surface area contributed by atoms with Crippen molar-refractivity contribution in [1.29, 1.82) is 0 Å². The molecule has 1 aromatic heterocycles. The lowest BCUT2D eigenvalue weighted by Gasteiger charge is -1.99. The van der Waals surface area contributed by atoms with Crippen molar-refractivity contribution in [1.82, 2.24) is 9.55 Å². The predicted octanol–water partition coefficient (Wildman–Crippen LogP) is 4.03. The second-order valence-electron chi connectivity index (χ2n) is 4.31. The van der Waals surface area contributed by atoms with Crippen molar-refractivity contribution in [3.63, 3.8) is 0 Å². The predicted molar refractivity (Wildman–Crippen MR) is 80.3 cm³/mol. The zero-order valence-electron chi connectivity index (χ0n) is 10.6. The van der Waals surface area contributed by atoms with Gasteiger partial charge in [-0.2, -0.15) is 0 Å². The number of hydrogen-bond donors (Lipinski definition) is 2. The molecule has 0 atom stereocenters. The van der Waals surface area contributed by atoms with Crippen LogP contribution in [0.15, 0.2) is 47.1 Å². The number of rotatable bonds is 3. The molecule has 0 saturated carbocycles. The van der Waals surface area contributed by atoms with Crippen molar-refractivity contribution < 1.29 is 5.11 Å². The quantitative estimate of drug-likeness (QED) is 0.660. The molecule has 2 aromatic rings. The molecule has 0 bridgehead atoms. The van der Waals surface area contributed by atoms with Gasteiger partial charge in [0, 0.05) is 12.1 Å². The fourth-order valence-corrected chi connectivity index (χ4v) is 2.33. The topological polar surface area (TPSA) is 65.7 Å². The number of benzene rings is 1. The van der Waals surface area contributed by atoms with Crippen molar-refractivity contribution in [2.45, 2.75) is 6.54 Å². The van der Waals surface area contributed by atoms with E-state index in [1.54, 1.807) is 16.7 Å². The van der Waals surface area contributed by atoms with Gasteiger partial charge in [-0.15, -0.1) is 16.8 Å². The third-order valence-electron chi connectivity index (χ3n) is 3.02. The van der Waals surface area contributed by atoms with Crippen LogP contribution in [0.4, 0.5) is 5.69 Å². The summed E-state index contributed by atoms with van der Waals surface area (Å²) in [6.45, 7) is 4.09. The van der Waals surface area contributed by atoms with Gasteiger partial charge in [0.15, 0.2) is 4.77 Å². The van der Waals surface area contributed by atoms with E-state index < -0.39 is 0 Å². The molecule has 0 unspecified atom stereocenters. The number of aromatic nitrogens is 2. The second kappa shape index (κ2) is 4.90. The van der Waals surface area contributed by atoms with Crippen LogP contribution in [0.25, 0.3) is 11.8 Å². The van der Waals surface area contributed by atoms with Gasteiger partial charge in [-0.1, -0.05) is 24.3 Å². The van der Waals surface area contributed by atoms with Gasteiger partial charge < -0.3 is 10.1 Å². The summed E-state index contributed by atoms with van der Waals surface area (Å²) in [6, 6.07) is 7.67. The fraction of sp³-hybridized carbons (Fsp3) is 0.0714.